The normalized spacial score (nSPS) is 10.2. The Bertz CT molecular complexity index is 623. The van der Waals surface area contributed by atoms with E-state index in [-0.39, 0.29) is 18.3 Å². The molecule has 0 unspecified atom stereocenters. The van der Waals surface area contributed by atoms with Crippen LogP contribution < -0.4 is 5.32 Å². The predicted octanol–water partition coefficient (Wildman–Crippen LogP) is 0.811. The molecule has 2 heterocycles. The van der Waals surface area contributed by atoms with Crippen molar-refractivity contribution in [3.05, 3.63) is 52.0 Å². The summed E-state index contributed by atoms with van der Waals surface area (Å²) in [6, 6.07) is 4.92. The Morgan fingerprint density at radius 1 is 1.45 bits per heavy atom. The van der Waals surface area contributed by atoms with Crippen molar-refractivity contribution < 1.29 is 9.72 Å². The average molecular weight is 275 g/mol. The third-order valence-corrected chi connectivity index (χ3v) is 2.69. The number of aromatic nitrogens is 3. The highest BCUT2D eigenvalue weighted by Crippen LogP contribution is 2.10. The molecular formula is C12H13N5O3. The number of hydrogen-bond donors (Lipinski definition) is 1. The number of hydrogen-bond acceptors (Lipinski definition) is 5. The van der Waals surface area contributed by atoms with Gasteiger partial charge < -0.3 is 15.4 Å². The van der Waals surface area contributed by atoms with Crippen molar-refractivity contribution in [2.24, 2.45) is 0 Å². The first kappa shape index (κ1) is 13.7. The van der Waals surface area contributed by atoms with Crippen LogP contribution in [0.2, 0.25) is 0 Å². The van der Waals surface area contributed by atoms with Crippen molar-refractivity contribution in [2.75, 3.05) is 0 Å². The van der Waals surface area contributed by atoms with Gasteiger partial charge in [0.2, 0.25) is 5.91 Å². The summed E-state index contributed by atoms with van der Waals surface area (Å²) in [6.45, 7) is 1.99. The van der Waals surface area contributed by atoms with Crippen LogP contribution in [0, 0.1) is 17.0 Å². The van der Waals surface area contributed by atoms with E-state index in [2.05, 4.69) is 15.4 Å². The third-order valence-electron chi connectivity index (χ3n) is 2.69. The van der Waals surface area contributed by atoms with Crippen molar-refractivity contribution in [2.45, 2.75) is 20.0 Å². The molecule has 1 amide bonds. The van der Waals surface area contributed by atoms with Gasteiger partial charge in [-0.1, -0.05) is 0 Å². The maximum absolute atomic E-state index is 11.8. The fourth-order valence-corrected chi connectivity index (χ4v) is 1.64. The van der Waals surface area contributed by atoms with Crippen LogP contribution in [-0.4, -0.2) is 25.6 Å². The Labute approximate surface area is 114 Å². The summed E-state index contributed by atoms with van der Waals surface area (Å²) >= 11 is 0. The molecule has 0 fully saturated rings. The van der Waals surface area contributed by atoms with E-state index in [4.69, 9.17) is 0 Å². The lowest BCUT2D eigenvalue weighted by atomic mass is 10.3. The topological polar surface area (TPSA) is 103 Å². The number of nitrogens with zero attached hydrogens (tertiary/aromatic N) is 4. The smallest absolute Gasteiger partial charge is 0.358 e. The van der Waals surface area contributed by atoms with Gasteiger partial charge in [0, 0.05) is 18.9 Å². The second-order valence-electron chi connectivity index (χ2n) is 4.19. The molecule has 8 nitrogen and oxygen atoms in total. The van der Waals surface area contributed by atoms with Crippen LogP contribution in [0.1, 0.15) is 11.3 Å². The molecule has 0 aliphatic rings. The zero-order valence-corrected chi connectivity index (χ0v) is 10.8. The number of pyridine rings is 1. The Hall–Kier alpha value is -2.77. The molecule has 0 radical (unpaired) electrons. The first-order chi connectivity index (χ1) is 9.56. The Morgan fingerprint density at radius 3 is 2.75 bits per heavy atom. The standard InChI is InChI=1S/C12H13N5O3/c1-9-6-11(17(19)20)15-16(9)8-12(18)14-7-10-2-4-13-5-3-10/h2-6H,7-8H2,1H3,(H,14,18). The SMILES string of the molecule is Cc1cc([N+](=O)[O-])nn1CC(=O)NCc1ccncc1. The average Bonchev–Trinajstić information content (AvgIpc) is 2.79. The summed E-state index contributed by atoms with van der Waals surface area (Å²) < 4.78 is 1.31. The second-order valence-corrected chi connectivity index (χ2v) is 4.19. The fourth-order valence-electron chi connectivity index (χ4n) is 1.64. The van der Waals surface area contributed by atoms with Gasteiger partial charge in [0.15, 0.2) is 0 Å². The van der Waals surface area contributed by atoms with E-state index in [1.807, 2.05) is 0 Å². The molecule has 1 N–H and O–H groups in total. The van der Waals surface area contributed by atoms with Crippen LogP contribution >= 0.6 is 0 Å². The van der Waals surface area contributed by atoms with E-state index in [1.54, 1.807) is 31.5 Å². The van der Waals surface area contributed by atoms with E-state index >= 15 is 0 Å². The minimum Gasteiger partial charge on any atom is -0.358 e. The molecule has 2 rings (SSSR count). The molecule has 0 aliphatic carbocycles. The monoisotopic (exact) mass is 275 g/mol. The molecular weight excluding hydrogens is 262 g/mol. The summed E-state index contributed by atoms with van der Waals surface area (Å²) in [7, 11) is 0. The maximum atomic E-state index is 11.8. The highest BCUT2D eigenvalue weighted by atomic mass is 16.6. The van der Waals surface area contributed by atoms with Gasteiger partial charge in [-0.3, -0.25) is 9.78 Å². The minimum absolute atomic E-state index is 0.0508. The predicted molar refractivity (Wildman–Crippen MR) is 69.7 cm³/mol. The number of aryl methyl sites for hydroxylation is 1. The number of carbonyl (C=O) groups is 1. The van der Waals surface area contributed by atoms with Crippen molar-refractivity contribution in [3.8, 4) is 0 Å². The number of nitrogens with one attached hydrogen (secondary N) is 1. The highest BCUT2D eigenvalue weighted by molar-refractivity contribution is 5.75. The number of rotatable bonds is 5. The van der Waals surface area contributed by atoms with Crippen molar-refractivity contribution in [1.29, 1.82) is 0 Å². The van der Waals surface area contributed by atoms with Gasteiger partial charge in [-0.05, 0) is 29.5 Å². The number of nitro groups is 1. The highest BCUT2D eigenvalue weighted by Gasteiger charge is 2.17. The summed E-state index contributed by atoms with van der Waals surface area (Å²) in [5.74, 6) is -0.521. The fraction of sp³-hybridized carbons (Fsp3) is 0.250. The summed E-state index contributed by atoms with van der Waals surface area (Å²) in [6.07, 6.45) is 3.28. The first-order valence-electron chi connectivity index (χ1n) is 5.90. The Kier molecular flexibility index (Phi) is 4.04. The van der Waals surface area contributed by atoms with E-state index in [9.17, 15) is 14.9 Å². The molecule has 0 bridgehead atoms. The lowest BCUT2D eigenvalue weighted by Crippen LogP contribution is -2.27. The van der Waals surface area contributed by atoms with Gasteiger partial charge in [0.05, 0.1) is 16.9 Å². The lowest BCUT2D eigenvalue weighted by molar-refractivity contribution is -0.389. The molecule has 0 saturated heterocycles. The maximum Gasteiger partial charge on any atom is 0.390 e. The Morgan fingerprint density at radius 2 is 2.15 bits per heavy atom. The molecule has 8 heteroatoms. The van der Waals surface area contributed by atoms with Crippen LogP contribution in [0.5, 0.6) is 0 Å². The minimum atomic E-state index is -0.585. The van der Waals surface area contributed by atoms with E-state index in [1.165, 1.54) is 10.7 Å². The second kappa shape index (κ2) is 5.91. The van der Waals surface area contributed by atoms with Crippen LogP contribution in [0.3, 0.4) is 0 Å². The number of amides is 1. The van der Waals surface area contributed by atoms with Crippen molar-refractivity contribution in [3.63, 3.8) is 0 Å². The summed E-state index contributed by atoms with van der Waals surface area (Å²) in [5.41, 5.74) is 1.49. The van der Waals surface area contributed by atoms with Gasteiger partial charge in [-0.15, -0.1) is 0 Å². The number of carbonyl (C=O) groups excluding carboxylic acids is 1. The quantitative estimate of drug-likeness (QED) is 0.642. The molecule has 2 aromatic heterocycles. The first-order valence-corrected chi connectivity index (χ1v) is 5.90. The van der Waals surface area contributed by atoms with Crippen molar-refractivity contribution in [1.82, 2.24) is 20.1 Å². The summed E-state index contributed by atoms with van der Waals surface area (Å²) in [5, 5.41) is 17.1. The van der Waals surface area contributed by atoms with E-state index < -0.39 is 4.92 Å². The van der Waals surface area contributed by atoms with Crippen LogP contribution in [0.15, 0.2) is 30.6 Å². The largest absolute Gasteiger partial charge is 0.390 e. The van der Waals surface area contributed by atoms with Gasteiger partial charge in [0.25, 0.3) is 0 Å². The van der Waals surface area contributed by atoms with Gasteiger partial charge >= 0.3 is 5.82 Å². The van der Waals surface area contributed by atoms with Gasteiger partial charge in [0.1, 0.15) is 6.54 Å². The van der Waals surface area contributed by atoms with E-state index in [0.717, 1.165) is 5.56 Å². The van der Waals surface area contributed by atoms with Crippen LogP contribution in [0.25, 0.3) is 0 Å². The lowest BCUT2D eigenvalue weighted by Gasteiger charge is -2.04. The molecule has 0 aromatic carbocycles. The Balaban J connectivity index is 1.93. The van der Waals surface area contributed by atoms with Crippen LogP contribution in [0.4, 0.5) is 5.82 Å². The molecule has 2 aromatic rings. The zero-order chi connectivity index (χ0) is 14.5. The zero-order valence-electron chi connectivity index (χ0n) is 10.8. The van der Waals surface area contributed by atoms with Gasteiger partial charge in [-0.25, -0.2) is 0 Å². The third kappa shape index (κ3) is 3.37. The molecule has 0 spiro atoms. The molecule has 0 aliphatic heterocycles. The van der Waals surface area contributed by atoms with Gasteiger partial charge in [-0.2, -0.15) is 4.68 Å². The molecule has 20 heavy (non-hydrogen) atoms. The van der Waals surface area contributed by atoms with Crippen molar-refractivity contribution >= 4 is 11.7 Å². The van der Waals surface area contributed by atoms with E-state index in [0.29, 0.717) is 12.2 Å². The molecule has 0 atom stereocenters. The molecule has 0 saturated carbocycles. The summed E-state index contributed by atoms with van der Waals surface area (Å²) in [4.78, 5) is 25.6. The van der Waals surface area contributed by atoms with Crippen LogP contribution in [-0.2, 0) is 17.9 Å². The molecule has 104 valence electrons.